The highest BCUT2D eigenvalue weighted by molar-refractivity contribution is 8.01. The number of nitrogens with one attached hydrogen (secondary N) is 1. The summed E-state index contributed by atoms with van der Waals surface area (Å²) in [5, 5.41) is 20.4. The summed E-state index contributed by atoms with van der Waals surface area (Å²) in [6.07, 6.45) is 2.26. The molecule has 2 heterocycles. The Kier molecular flexibility index (Phi) is 5.66. The first-order valence-electron chi connectivity index (χ1n) is 6.26. The minimum absolute atomic E-state index is 0.177. The number of thioether (sulfide) groups is 1. The highest BCUT2D eigenvalue weighted by Gasteiger charge is 2.06. The molecule has 0 aliphatic rings. The first-order valence-corrected chi connectivity index (χ1v) is 8.06. The van der Waals surface area contributed by atoms with E-state index in [1.54, 1.807) is 29.2 Å². The molecule has 0 aliphatic carbocycles. The number of aromatic nitrogens is 3. The fraction of sp³-hybridized carbons (Fsp3) is 0.308. The Hall–Kier alpha value is -1.98. The van der Waals surface area contributed by atoms with E-state index in [9.17, 15) is 4.79 Å². The molecule has 0 bridgehead atoms. The van der Waals surface area contributed by atoms with Crippen molar-refractivity contribution >= 4 is 29.0 Å². The van der Waals surface area contributed by atoms with Crippen molar-refractivity contribution in [1.29, 1.82) is 5.26 Å². The lowest BCUT2D eigenvalue weighted by Crippen LogP contribution is -2.24. The van der Waals surface area contributed by atoms with Crippen molar-refractivity contribution < 1.29 is 4.79 Å². The van der Waals surface area contributed by atoms with Crippen LogP contribution in [0.1, 0.15) is 27.5 Å². The maximum Gasteiger partial charge on any atom is 0.252 e. The van der Waals surface area contributed by atoms with E-state index in [0.717, 1.165) is 21.5 Å². The van der Waals surface area contributed by atoms with Crippen LogP contribution in [0.25, 0.3) is 0 Å². The zero-order chi connectivity index (χ0) is 15.1. The van der Waals surface area contributed by atoms with Crippen LogP contribution in [-0.2, 0) is 0 Å². The molecule has 1 amide bonds. The van der Waals surface area contributed by atoms with Crippen molar-refractivity contribution in [2.24, 2.45) is 0 Å². The number of rotatable bonds is 6. The number of amides is 1. The molecule has 2 rings (SSSR count). The van der Waals surface area contributed by atoms with E-state index in [4.69, 9.17) is 5.26 Å². The maximum atomic E-state index is 11.8. The van der Waals surface area contributed by atoms with Crippen LogP contribution < -0.4 is 5.32 Å². The van der Waals surface area contributed by atoms with E-state index in [1.165, 1.54) is 12.3 Å². The highest BCUT2D eigenvalue weighted by Crippen LogP contribution is 2.21. The number of hydrogen-bond donors (Lipinski definition) is 1. The molecule has 6 nitrogen and oxygen atoms in total. The maximum absolute atomic E-state index is 11.8. The van der Waals surface area contributed by atoms with Crippen LogP contribution in [0, 0.1) is 18.3 Å². The fourth-order valence-corrected chi connectivity index (χ4v) is 3.29. The van der Waals surface area contributed by atoms with Gasteiger partial charge in [0.05, 0.1) is 5.56 Å². The largest absolute Gasteiger partial charge is 0.352 e. The molecule has 0 aliphatic heterocycles. The molecule has 0 atom stereocenters. The monoisotopic (exact) mass is 319 g/mol. The molecule has 21 heavy (non-hydrogen) atoms. The quantitative estimate of drug-likeness (QED) is 0.647. The SMILES string of the molecule is Cc1nnc(SCCCNC(=O)c2ccc(C#N)nc2)s1. The van der Waals surface area contributed by atoms with Crippen molar-refractivity contribution in [3.63, 3.8) is 0 Å². The molecule has 0 saturated heterocycles. The Labute approximate surface area is 130 Å². The molecule has 8 heteroatoms. The Morgan fingerprint density at radius 3 is 2.95 bits per heavy atom. The normalized spacial score (nSPS) is 10.1. The Morgan fingerprint density at radius 1 is 1.48 bits per heavy atom. The molecule has 2 aromatic heterocycles. The summed E-state index contributed by atoms with van der Waals surface area (Å²) < 4.78 is 0.954. The van der Waals surface area contributed by atoms with E-state index in [-0.39, 0.29) is 5.91 Å². The van der Waals surface area contributed by atoms with E-state index in [0.29, 0.717) is 17.8 Å². The smallest absolute Gasteiger partial charge is 0.252 e. The van der Waals surface area contributed by atoms with Gasteiger partial charge in [-0.15, -0.1) is 10.2 Å². The number of aryl methyl sites for hydroxylation is 1. The standard InChI is InChI=1S/C13H13N5OS2/c1-9-17-18-13(21-9)20-6-2-5-15-12(19)10-3-4-11(7-14)16-8-10/h3-4,8H,2,5-6H2,1H3,(H,15,19). The van der Waals surface area contributed by atoms with Crippen molar-refractivity contribution in [2.45, 2.75) is 17.7 Å². The van der Waals surface area contributed by atoms with Gasteiger partial charge in [0.2, 0.25) is 0 Å². The molecule has 0 spiro atoms. The molecular formula is C13H13N5OS2. The van der Waals surface area contributed by atoms with E-state index in [1.807, 2.05) is 13.0 Å². The van der Waals surface area contributed by atoms with Crippen LogP contribution in [0.4, 0.5) is 0 Å². The summed E-state index contributed by atoms with van der Waals surface area (Å²) in [5.41, 5.74) is 0.761. The number of hydrogen-bond acceptors (Lipinski definition) is 7. The predicted octanol–water partition coefficient (Wildman–Crippen LogP) is 2.03. The lowest BCUT2D eigenvalue weighted by molar-refractivity contribution is 0.0953. The predicted molar refractivity (Wildman–Crippen MR) is 81.3 cm³/mol. The zero-order valence-electron chi connectivity index (χ0n) is 11.4. The molecule has 0 fully saturated rings. The first kappa shape index (κ1) is 15.4. The molecule has 0 radical (unpaired) electrons. The van der Waals surface area contributed by atoms with E-state index in [2.05, 4.69) is 20.5 Å². The number of nitriles is 1. The molecule has 0 aromatic carbocycles. The summed E-state index contributed by atoms with van der Waals surface area (Å²) in [7, 11) is 0. The van der Waals surface area contributed by atoms with Crippen molar-refractivity contribution in [3.8, 4) is 6.07 Å². The average molecular weight is 319 g/mol. The van der Waals surface area contributed by atoms with Gasteiger partial charge in [0.15, 0.2) is 4.34 Å². The average Bonchev–Trinajstić information content (AvgIpc) is 2.92. The lowest BCUT2D eigenvalue weighted by atomic mass is 10.2. The number of pyridine rings is 1. The second kappa shape index (κ2) is 7.71. The topological polar surface area (TPSA) is 91.6 Å². The summed E-state index contributed by atoms with van der Waals surface area (Å²) in [4.78, 5) is 15.7. The third kappa shape index (κ3) is 4.81. The van der Waals surface area contributed by atoms with Gasteiger partial charge in [-0.05, 0) is 25.5 Å². The second-order valence-electron chi connectivity index (χ2n) is 4.09. The van der Waals surface area contributed by atoms with Gasteiger partial charge in [-0.25, -0.2) is 4.98 Å². The third-order valence-electron chi connectivity index (χ3n) is 2.48. The van der Waals surface area contributed by atoms with Crippen LogP contribution in [0.3, 0.4) is 0 Å². The number of nitrogens with zero attached hydrogens (tertiary/aromatic N) is 4. The van der Waals surface area contributed by atoms with Crippen LogP contribution in [0.15, 0.2) is 22.7 Å². The number of carbonyl (C=O) groups excluding carboxylic acids is 1. The molecule has 2 aromatic rings. The lowest BCUT2D eigenvalue weighted by Gasteiger charge is -2.04. The molecule has 0 saturated carbocycles. The zero-order valence-corrected chi connectivity index (χ0v) is 13.0. The molecule has 0 unspecified atom stereocenters. The van der Waals surface area contributed by atoms with Gasteiger partial charge in [-0.2, -0.15) is 5.26 Å². The molecule has 108 valence electrons. The fourth-order valence-electron chi connectivity index (χ4n) is 1.47. The highest BCUT2D eigenvalue weighted by atomic mass is 32.2. The van der Waals surface area contributed by atoms with Gasteiger partial charge in [-0.3, -0.25) is 4.79 Å². The summed E-state index contributed by atoms with van der Waals surface area (Å²) >= 11 is 3.21. The van der Waals surface area contributed by atoms with Gasteiger partial charge in [-0.1, -0.05) is 23.1 Å². The Balaban J connectivity index is 1.68. The van der Waals surface area contributed by atoms with Crippen LogP contribution in [0.5, 0.6) is 0 Å². The van der Waals surface area contributed by atoms with Gasteiger partial charge >= 0.3 is 0 Å². The van der Waals surface area contributed by atoms with Gasteiger partial charge in [0, 0.05) is 18.5 Å². The Bertz CT molecular complexity index is 647. The summed E-state index contributed by atoms with van der Waals surface area (Å²) in [5.74, 6) is 0.698. The van der Waals surface area contributed by atoms with Crippen LogP contribution in [0.2, 0.25) is 0 Å². The summed E-state index contributed by atoms with van der Waals surface area (Å²) in [6.45, 7) is 2.51. The summed E-state index contributed by atoms with van der Waals surface area (Å²) in [6, 6.07) is 5.04. The minimum Gasteiger partial charge on any atom is -0.352 e. The van der Waals surface area contributed by atoms with Crippen molar-refractivity contribution in [1.82, 2.24) is 20.5 Å². The van der Waals surface area contributed by atoms with E-state index < -0.39 is 0 Å². The third-order valence-corrected chi connectivity index (χ3v) is 4.54. The van der Waals surface area contributed by atoms with Crippen LogP contribution in [-0.4, -0.2) is 33.4 Å². The van der Waals surface area contributed by atoms with Gasteiger partial charge in [0.25, 0.3) is 5.91 Å². The minimum atomic E-state index is -0.177. The Morgan fingerprint density at radius 2 is 2.33 bits per heavy atom. The first-order chi connectivity index (χ1) is 10.2. The van der Waals surface area contributed by atoms with Crippen molar-refractivity contribution in [2.75, 3.05) is 12.3 Å². The van der Waals surface area contributed by atoms with Crippen molar-refractivity contribution in [3.05, 3.63) is 34.6 Å². The number of carbonyl (C=O) groups is 1. The van der Waals surface area contributed by atoms with Gasteiger partial charge < -0.3 is 5.32 Å². The second-order valence-corrected chi connectivity index (χ2v) is 6.61. The van der Waals surface area contributed by atoms with Gasteiger partial charge in [0.1, 0.15) is 16.8 Å². The van der Waals surface area contributed by atoms with E-state index >= 15 is 0 Å². The van der Waals surface area contributed by atoms with Crippen LogP contribution >= 0.6 is 23.1 Å². The molecular weight excluding hydrogens is 306 g/mol. The molecule has 1 N–H and O–H groups in total.